The van der Waals surface area contributed by atoms with Gasteiger partial charge in [0.25, 0.3) is 0 Å². The molecule has 2 N–H and O–H groups in total. The SMILES string of the molecule is CCOCC(C)Nc1ccc(NC(=O)OC(C)(C)C)cc1. The van der Waals surface area contributed by atoms with Crippen molar-refractivity contribution in [1.82, 2.24) is 0 Å². The molecule has 1 rings (SSSR count). The second kappa shape index (κ2) is 7.88. The maximum atomic E-state index is 11.6. The van der Waals surface area contributed by atoms with E-state index in [0.29, 0.717) is 18.9 Å². The number of hydrogen-bond donors (Lipinski definition) is 2. The molecule has 1 aromatic carbocycles. The standard InChI is InChI=1S/C16H26N2O3/c1-6-20-11-12(2)17-13-7-9-14(10-8-13)18-15(19)21-16(3,4)5/h7-10,12,17H,6,11H2,1-5H3,(H,18,19). The van der Waals surface area contributed by atoms with Crippen LogP contribution in [0.3, 0.4) is 0 Å². The van der Waals surface area contributed by atoms with Crippen LogP contribution in [0, 0.1) is 0 Å². The molecule has 118 valence electrons. The Morgan fingerprint density at radius 3 is 2.29 bits per heavy atom. The fourth-order valence-electron chi connectivity index (χ4n) is 1.69. The molecule has 0 radical (unpaired) electrons. The van der Waals surface area contributed by atoms with Crippen molar-refractivity contribution in [3.63, 3.8) is 0 Å². The van der Waals surface area contributed by atoms with E-state index in [2.05, 4.69) is 17.6 Å². The first-order chi connectivity index (χ1) is 9.80. The summed E-state index contributed by atoms with van der Waals surface area (Å²) in [6.45, 7) is 10.9. The second-order valence-electron chi connectivity index (χ2n) is 5.91. The van der Waals surface area contributed by atoms with Gasteiger partial charge in [0, 0.05) is 24.0 Å². The third kappa shape index (κ3) is 7.56. The smallest absolute Gasteiger partial charge is 0.412 e. The summed E-state index contributed by atoms with van der Waals surface area (Å²) in [7, 11) is 0. The minimum atomic E-state index is -0.500. The highest BCUT2D eigenvalue weighted by molar-refractivity contribution is 5.85. The van der Waals surface area contributed by atoms with Crippen LogP contribution in [-0.2, 0) is 9.47 Å². The Labute approximate surface area is 127 Å². The number of rotatable bonds is 6. The van der Waals surface area contributed by atoms with E-state index in [0.717, 1.165) is 5.69 Å². The predicted molar refractivity (Wildman–Crippen MR) is 85.9 cm³/mol. The van der Waals surface area contributed by atoms with E-state index in [1.807, 2.05) is 52.0 Å². The largest absolute Gasteiger partial charge is 0.444 e. The minimum Gasteiger partial charge on any atom is -0.444 e. The van der Waals surface area contributed by atoms with Gasteiger partial charge in [-0.05, 0) is 58.9 Å². The topological polar surface area (TPSA) is 59.6 Å². The fraction of sp³-hybridized carbons (Fsp3) is 0.562. The molecule has 0 saturated heterocycles. The summed E-state index contributed by atoms with van der Waals surface area (Å²) in [4.78, 5) is 11.6. The van der Waals surface area contributed by atoms with E-state index in [9.17, 15) is 4.79 Å². The van der Waals surface area contributed by atoms with Gasteiger partial charge in [-0.2, -0.15) is 0 Å². The van der Waals surface area contributed by atoms with Gasteiger partial charge in [0.05, 0.1) is 6.61 Å². The van der Waals surface area contributed by atoms with Gasteiger partial charge in [0.15, 0.2) is 0 Å². The number of nitrogens with one attached hydrogen (secondary N) is 2. The number of anilines is 2. The van der Waals surface area contributed by atoms with Crippen molar-refractivity contribution in [1.29, 1.82) is 0 Å². The van der Waals surface area contributed by atoms with E-state index < -0.39 is 11.7 Å². The predicted octanol–water partition coefficient (Wildman–Crippen LogP) is 3.87. The van der Waals surface area contributed by atoms with Gasteiger partial charge in [0.1, 0.15) is 5.60 Å². The van der Waals surface area contributed by atoms with Crippen LogP contribution in [0.25, 0.3) is 0 Å². The van der Waals surface area contributed by atoms with Crippen LogP contribution < -0.4 is 10.6 Å². The molecule has 0 fully saturated rings. The normalized spacial score (nSPS) is 12.6. The van der Waals surface area contributed by atoms with E-state index in [1.165, 1.54) is 0 Å². The molecule has 21 heavy (non-hydrogen) atoms. The number of hydrogen-bond acceptors (Lipinski definition) is 4. The molecular formula is C16H26N2O3. The van der Waals surface area contributed by atoms with Gasteiger partial charge in [-0.25, -0.2) is 4.79 Å². The molecule has 0 aromatic heterocycles. The van der Waals surface area contributed by atoms with Crippen LogP contribution in [0.2, 0.25) is 0 Å². The molecule has 1 aromatic rings. The zero-order chi connectivity index (χ0) is 15.9. The van der Waals surface area contributed by atoms with E-state index in [4.69, 9.17) is 9.47 Å². The maximum absolute atomic E-state index is 11.6. The first kappa shape index (κ1) is 17.3. The number of amides is 1. The van der Waals surface area contributed by atoms with Gasteiger partial charge >= 0.3 is 6.09 Å². The number of carbonyl (C=O) groups excluding carboxylic acids is 1. The number of carbonyl (C=O) groups is 1. The van der Waals surface area contributed by atoms with Crippen LogP contribution in [0.4, 0.5) is 16.2 Å². The summed E-state index contributed by atoms with van der Waals surface area (Å²) < 4.78 is 10.6. The average molecular weight is 294 g/mol. The van der Waals surface area contributed by atoms with E-state index in [1.54, 1.807) is 0 Å². The first-order valence-corrected chi connectivity index (χ1v) is 7.24. The van der Waals surface area contributed by atoms with E-state index >= 15 is 0 Å². The first-order valence-electron chi connectivity index (χ1n) is 7.24. The molecule has 1 amide bonds. The highest BCUT2D eigenvalue weighted by Crippen LogP contribution is 2.16. The molecule has 5 nitrogen and oxygen atoms in total. The van der Waals surface area contributed by atoms with Crippen molar-refractivity contribution in [2.45, 2.75) is 46.3 Å². The average Bonchev–Trinajstić information content (AvgIpc) is 2.36. The Morgan fingerprint density at radius 2 is 1.76 bits per heavy atom. The van der Waals surface area contributed by atoms with Crippen molar-refractivity contribution in [2.24, 2.45) is 0 Å². The molecule has 1 atom stereocenters. The molecule has 0 heterocycles. The zero-order valence-corrected chi connectivity index (χ0v) is 13.5. The summed E-state index contributed by atoms with van der Waals surface area (Å²) in [6, 6.07) is 7.72. The van der Waals surface area contributed by atoms with Crippen LogP contribution in [0.5, 0.6) is 0 Å². The minimum absolute atomic E-state index is 0.231. The Morgan fingerprint density at radius 1 is 1.19 bits per heavy atom. The molecule has 0 aliphatic heterocycles. The third-order valence-electron chi connectivity index (χ3n) is 2.52. The van der Waals surface area contributed by atoms with Crippen molar-refractivity contribution in [2.75, 3.05) is 23.8 Å². The second-order valence-corrected chi connectivity index (χ2v) is 5.91. The fourth-order valence-corrected chi connectivity index (χ4v) is 1.69. The van der Waals surface area contributed by atoms with Gasteiger partial charge in [-0.15, -0.1) is 0 Å². The lowest BCUT2D eigenvalue weighted by molar-refractivity contribution is 0.0636. The summed E-state index contributed by atoms with van der Waals surface area (Å²) in [5, 5.41) is 6.03. The molecule has 0 saturated carbocycles. The van der Waals surface area contributed by atoms with Crippen molar-refractivity contribution >= 4 is 17.5 Å². The highest BCUT2D eigenvalue weighted by Gasteiger charge is 2.16. The number of benzene rings is 1. The third-order valence-corrected chi connectivity index (χ3v) is 2.52. The Kier molecular flexibility index (Phi) is 6.49. The van der Waals surface area contributed by atoms with Crippen LogP contribution in [0.15, 0.2) is 24.3 Å². The Bertz CT molecular complexity index is 438. The molecule has 0 aliphatic rings. The summed E-state index contributed by atoms with van der Waals surface area (Å²) in [6.07, 6.45) is -0.451. The van der Waals surface area contributed by atoms with Gasteiger partial charge < -0.3 is 14.8 Å². The van der Waals surface area contributed by atoms with Crippen LogP contribution in [-0.4, -0.2) is 30.9 Å². The van der Waals surface area contributed by atoms with Crippen molar-refractivity contribution in [3.8, 4) is 0 Å². The zero-order valence-electron chi connectivity index (χ0n) is 13.5. The van der Waals surface area contributed by atoms with Crippen LogP contribution in [0.1, 0.15) is 34.6 Å². The Hall–Kier alpha value is -1.75. The highest BCUT2D eigenvalue weighted by atomic mass is 16.6. The Balaban J connectivity index is 2.48. The summed E-state index contributed by atoms with van der Waals surface area (Å²) in [5.41, 5.74) is 1.18. The lowest BCUT2D eigenvalue weighted by Gasteiger charge is -2.20. The molecule has 5 heteroatoms. The quantitative estimate of drug-likeness (QED) is 0.836. The molecule has 1 unspecified atom stereocenters. The maximum Gasteiger partial charge on any atom is 0.412 e. The van der Waals surface area contributed by atoms with Gasteiger partial charge in [0.2, 0.25) is 0 Å². The molecule has 0 spiro atoms. The summed E-state index contributed by atoms with van der Waals surface area (Å²) in [5.74, 6) is 0. The number of ether oxygens (including phenoxy) is 2. The summed E-state index contributed by atoms with van der Waals surface area (Å²) >= 11 is 0. The lowest BCUT2D eigenvalue weighted by Crippen LogP contribution is -2.27. The van der Waals surface area contributed by atoms with E-state index in [-0.39, 0.29) is 6.04 Å². The molecule has 0 aliphatic carbocycles. The monoisotopic (exact) mass is 294 g/mol. The van der Waals surface area contributed by atoms with Gasteiger partial charge in [-0.3, -0.25) is 5.32 Å². The van der Waals surface area contributed by atoms with Gasteiger partial charge in [-0.1, -0.05) is 0 Å². The van der Waals surface area contributed by atoms with Crippen molar-refractivity contribution < 1.29 is 14.3 Å². The van der Waals surface area contributed by atoms with Crippen LogP contribution >= 0.6 is 0 Å². The molecular weight excluding hydrogens is 268 g/mol. The lowest BCUT2D eigenvalue weighted by atomic mass is 10.2. The molecule has 0 bridgehead atoms. The van der Waals surface area contributed by atoms with Crippen molar-refractivity contribution in [3.05, 3.63) is 24.3 Å².